The Morgan fingerprint density at radius 2 is 2.08 bits per heavy atom. The van der Waals surface area contributed by atoms with E-state index in [1.807, 2.05) is 6.07 Å². The molecule has 1 fully saturated rings. The van der Waals surface area contributed by atoms with Gasteiger partial charge in [-0.3, -0.25) is 4.90 Å². The van der Waals surface area contributed by atoms with E-state index in [-0.39, 0.29) is 6.61 Å². The van der Waals surface area contributed by atoms with Crippen LogP contribution in [0.4, 0.5) is 0 Å². The van der Waals surface area contributed by atoms with E-state index < -0.39 is 5.60 Å². The van der Waals surface area contributed by atoms with E-state index in [2.05, 4.69) is 11.8 Å². The summed E-state index contributed by atoms with van der Waals surface area (Å²) in [4.78, 5) is 2.26. The highest BCUT2D eigenvalue weighted by molar-refractivity contribution is 6.30. The Balaban J connectivity index is 2.17. The second-order valence-electron chi connectivity index (χ2n) is 6.46. The number of nitrogens with zero attached hydrogens (tertiary/aromatic N) is 1. The van der Waals surface area contributed by atoms with Crippen LogP contribution in [0.3, 0.4) is 0 Å². The van der Waals surface area contributed by atoms with Gasteiger partial charge >= 0.3 is 0 Å². The lowest BCUT2D eigenvalue weighted by Crippen LogP contribution is -2.34. The Bertz CT molecular complexity index is 540. The van der Waals surface area contributed by atoms with Gasteiger partial charge in [-0.15, -0.1) is 0 Å². The van der Waals surface area contributed by atoms with E-state index in [1.54, 1.807) is 13.2 Å². The summed E-state index contributed by atoms with van der Waals surface area (Å²) in [7, 11) is 1.61. The third-order valence-corrected chi connectivity index (χ3v) is 4.68. The van der Waals surface area contributed by atoms with Gasteiger partial charge < -0.3 is 19.7 Å². The van der Waals surface area contributed by atoms with Crippen LogP contribution in [0.5, 0.6) is 11.5 Å². The van der Waals surface area contributed by atoms with Crippen molar-refractivity contribution >= 4 is 11.6 Å². The topological polar surface area (TPSA) is 62.2 Å². The molecular formula is C18H28ClNO4. The van der Waals surface area contributed by atoms with Gasteiger partial charge in [0, 0.05) is 29.7 Å². The van der Waals surface area contributed by atoms with Crippen molar-refractivity contribution in [3.63, 3.8) is 0 Å². The van der Waals surface area contributed by atoms with Crippen molar-refractivity contribution in [1.82, 2.24) is 4.90 Å². The first kappa shape index (κ1) is 19.3. The fourth-order valence-electron chi connectivity index (χ4n) is 3.05. The molecule has 24 heavy (non-hydrogen) atoms. The average Bonchev–Trinajstić information content (AvgIpc) is 2.76. The fourth-order valence-corrected chi connectivity index (χ4v) is 3.28. The second kappa shape index (κ2) is 8.90. The number of likely N-dealkylation sites (tertiary alicyclic amines) is 1. The summed E-state index contributed by atoms with van der Waals surface area (Å²) >= 11 is 6.23. The monoisotopic (exact) mass is 357 g/mol. The number of hydrogen-bond donors (Lipinski definition) is 2. The van der Waals surface area contributed by atoms with Crippen molar-refractivity contribution in [2.75, 3.05) is 33.4 Å². The molecule has 1 aromatic carbocycles. The van der Waals surface area contributed by atoms with E-state index in [9.17, 15) is 10.2 Å². The molecule has 1 saturated heterocycles. The van der Waals surface area contributed by atoms with E-state index in [0.717, 1.165) is 37.2 Å². The molecule has 0 aliphatic carbocycles. The molecule has 1 atom stereocenters. The van der Waals surface area contributed by atoms with Gasteiger partial charge in [0.15, 0.2) is 11.5 Å². The molecule has 0 bridgehead atoms. The van der Waals surface area contributed by atoms with Crippen molar-refractivity contribution in [3.05, 3.63) is 22.7 Å². The van der Waals surface area contributed by atoms with Gasteiger partial charge in [0.1, 0.15) is 0 Å². The van der Waals surface area contributed by atoms with Crippen molar-refractivity contribution in [2.24, 2.45) is 0 Å². The lowest BCUT2D eigenvalue weighted by molar-refractivity contribution is -0.0255. The van der Waals surface area contributed by atoms with Crippen LogP contribution in [0.15, 0.2) is 12.1 Å². The summed E-state index contributed by atoms with van der Waals surface area (Å²) in [5, 5.41) is 20.3. The predicted molar refractivity (Wildman–Crippen MR) is 95.0 cm³/mol. The molecule has 0 spiro atoms. The van der Waals surface area contributed by atoms with E-state index in [1.165, 1.54) is 0 Å². The molecule has 1 unspecified atom stereocenters. The van der Waals surface area contributed by atoms with Crippen LogP contribution in [0.2, 0.25) is 5.02 Å². The first-order valence-electron chi connectivity index (χ1n) is 8.56. The second-order valence-corrected chi connectivity index (χ2v) is 6.89. The predicted octanol–water partition coefficient (Wildman–Crippen LogP) is 2.85. The van der Waals surface area contributed by atoms with Crippen molar-refractivity contribution < 1.29 is 19.7 Å². The van der Waals surface area contributed by atoms with Crippen LogP contribution in [0.1, 0.15) is 38.2 Å². The van der Waals surface area contributed by atoms with Crippen molar-refractivity contribution in [1.29, 1.82) is 0 Å². The SMILES string of the molecule is CCCOc1c(CN2CCCC(O)(CO)CC2)cc(Cl)cc1OC. The number of aliphatic hydroxyl groups excluding tert-OH is 1. The summed E-state index contributed by atoms with van der Waals surface area (Å²) in [6, 6.07) is 3.68. The Morgan fingerprint density at radius 3 is 2.75 bits per heavy atom. The van der Waals surface area contributed by atoms with Crippen LogP contribution < -0.4 is 9.47 Å². The Morgan fingerprint density at radius 1 is 1.29 bits per heavy atom. The molecule has 0 radical (unpaired) electrons. The minimum absolute atomic E-state index is 0.184. The first-order valence-corrected chi connectivity index (χ1v) is 8.94. The summed E-state index contributed by atoms with van der Waals surface area (Å²) in [5.74, 6) is 1.39. The van der Waals surface area contributed by atoms with Crippen LogP contribution in [0.25, 0.3) is 0 Å². The highest BCUT2D eigenvalue weighted by Crippen LogP contribution is 2.36. The van der Waals surface area contributed by atoms with E-state index in [0.29, 0.717) is 36.8 Å². The number of rotatable bonds is 7. The summed E-state index contributed by atoms with van der Waals surface area (Å²) < 4.78 is 11.3. The maximum absolute atomic E-state index is 10.3. The molecule has 0 saturated carbocycles. The lowest BCUT2D eigenvalue weighted by Gasteiger charge is -2.25. The Labute approximate surface area is 149 Å². The first-order chi connectivity index (χ1) is 11.5. The normalized spacial score (nSPS) is 22.2. The quantitative estimate of drug-likeness (QED) is 0.785. The van der Waals surface area contributed by atoms with Gasteiger partial charge in [0.05, 0.1) is 25.9 Å². The van der Waals surface area contributed by atoms with E-state index >= 15 is 0 Å². The Kier molecular flexibility index (Phi) is 7.16. The average molecular weight is 358 g/mol. The fraction of sp³-hybridized carbons (Fsp3) is 0.667. The standard InChI is InChI=1S/C18H28ClNO4/c1-3-9-24-17-14(10-15(19)11-16(17)23-2)12-20-7-4-5-18(22,13-21)6-8-20/h10-11,21-22H,3-9,12-13H2,1-2H3. The maximum Gasteiger partial charge on any atom is 0.165 e. The smallest absolute Gasteiger partial charge is 0.165 e. The zero-order valence-corrected chi connectivity index (χ0v) is 15.3. The summed E-state index contributed by atoms with van der Waals surface area (Å²) in [5.41, 5.74) is 0.0321. The number of hydrogen-bond acceptors (Lipinski definition) is 5. The zero-order valence-electron chi connectivity index (χ0n) is 14.6. The minimum atomic E-state index is -0.956. The molecule has 136 valence electrons. The molecule has 6 heteroatoms. The van der Waals surface area contributed by atoms with Gasteiger partial charge in [-0.2, -0.15) is 0 Å². The highest BCUT2D eigenvalue weighted by Gasteiger charge is 2.29. The molecule has 2 N–H and O–H groups in total. The van der Waals surface area contributed by atoms with Gasteiger partial charge in [-0.05, 0) is 38.3 Å². The van der Waals surface area contributed by atoms with Crippen LogP contribution in [-0.2, 0) is 6.54 Å². The molecular weight excluding hydrogens is 330 g/mol. The molecule has 1 aliphatic heterocycles. The molecule has 1 heterocycles. The molecule has 2 rings (SSSR count). The van der Waals surface area contributed by atoms with Gasteiger partial charge in [-0.1, -0.05) is 18.5 Å². The van der Waals surface area contributed by atoms with Crippen LogP contribution >= 0.6 is 11.6 Å². The number of halogens is 1. The van der Waals surface area contributed by atoms with Crippen LogP contribution in [-0.4, -0.2) is 54.1 Å². The third kappa shape index (κ3) is 4.99. The van der Waals surface area contributed by atoms with Gasteiger partial charge in [0.25, 0.3) is 0 Å². The molecule has 0 aromatic heterocycles. The number of aliphatic hydroxyl groups is 2. The van der Waals surface area contributed by atoms with Crippen molar-refractivity contribution in [3.8, 4) is 11.5 Å². The third-order valence-electron chi connectivity index (χ3n) is 4.47. The number of ether oxygens (including phenoxy) is 2. The zero-order chi connectivity index (χ0) is 17.6. The van der Waals surface area contributed by atoms with E-state index in [4.69, 9.17) is 21.1 Å². The molecule has 1 aromatic rings. The summed E-state index contributed by atoms with van der Waals surface area (Å²) in [6.07, 6.45) is 2.95. The van der Waals surface area contributed by atoms with Crippen LogP contribution in [0, 0.1) is 0 Å². The maximum atomic E-state index is 10.3. The molecule has 1 aliphatic rings. The molecule has 5 nitrogen and oxygen atoms in total. The minimum Gasteiger partial charge on any atom is -0.493 e. The number of methoxy groups -OCH3 is 1. The number of benzene rings is 1. The Hall–Kier alpha value is -1.01. The van der Waals surface area contributed by atoms with Crippen molar-refractivity contribution in [2.45, 2.75) is 44.8 Å². The summed E-state index contributed by atoms with van der Waals surface area (Å²) in [6.45, 7) is 4.76. The van der Waals surface area contributed by atoms with Gasteiger partial charge in [0.2, 0.25) is 0 Å². The highest BCUT2D eigenvalue weighted by atomic mass is 35.5. The largest absolute Gasteiger partial charge is 0.493 e. The molecule has 0 amide bonds. The van der Waals surface area contributed by atoms with Gasteiger partial charge in [-0.25, -0.2) is 0 Å². The lowest BCUT2D eigenvalue weighted by atomic mass is 9.96.